The van der Waals surface area contributed by atoms with Gasteiger partial charge in [0.05, 0.1) is 5.41 Å². The summed E-state index contributed by atoms with van der Waals surface area (Å²) in [6.07, 6.45) is 6.12. The number of rotatable bonds is 2. The fourth-order valence-corrected chi connectivity index (χ4v) is 3.53. The standard InChI is InChI=1S/C15H24N4O/c1-15(6-3-7-16-11-15)14(20)19-9-2-4-12(10-19)13-5-8-17-18-13/h5,8,12,16H,2-4,6-7,9-11H2,1H3,(H,17,18). The first-order valence-corrected chi connectivity index (χ1v) is 7.68. The van der Waals surface area contributed by atoms with E-state index in [-0.39, 0.29) is 5.41 Å². The molecule has 1 aromatic heterocycles. The second-order valence-corrected chi connectivity index (χ2v) is 6.44. The Labute approximate surface area is 120 Å². The number of hydrogen-bond donors (Lipinski definition) is 2. The number of carbonyl (C=O) groups excluding carboxylic acids is 1. The molecule has 2 N–H and O–H groups in total. The maximum absolute atomic E-state index is 12.9. The molecule has 1 amide bonds. The average molecular weight is 276 g/mol. The summed E-state index contributed by atoms with van der Waals surface area (Å²) in [6.45, 7) is 5.70. The first kappa shape index (κ1) is 13.6. The van der Waals surface area contributed by atoms with Crippen LogP contribution in [0.1, 0.15) is 44.2 Å². The summed E-state index contributed by atoms with van der Waals surface area (Å²) >= 11 is 0. The van der Waals surface area contributed by atoms with Gasteiger partial charge in [-0.05, 0) is 45.2 Å². The van der Waals surface area contributed by atoms with Gasteiger partial charge in [-0.3, -0.25) is 9.89 Å². The number of nitrogens with one attached hydrogen (secondary N) is 2. The molecule has 2 saturated heterocycles. The van der Waals surface area contributed by atoms with Crippen molar-refractivity contribution in [1.82, 2.24) is 20.4 Å². The summed E-state index contributed by atoms with van der Waals surface area (Å²) in [4.78, 5) is 14.9. The van der Waals surface area contributed by atoms with Crippen molar-refractivity contribution in [3.8, 4) is 0 Å². The largest absolute Gasteiger partial charge is 0.342 e. The molecule has 3 rings (SSSR count). The fraction of sp³-hybridized carbons (Fsp3) is 0.733. The zero-order valence-electron chi connectivity index (χ0n) is 12.2. The number of H-pyrrole nitrogens is 1. The molecular formula is C15H24N4O. The smallest absolute Gasteiger partial charge is 0.229 e. The topological polar surface area (TPSA) is 61.0 Å². The van der Waals surface area contributed by atoms with Gasteiger partial charge in [-0.25, -0.2) is 0 Å². The SMILES string of the molecule is CC1(C(=O)N2CCCC(c3ccn[nH]3)C2)CCCNC1. The number of piperidine rings is 2. The van der Waals surface area contributed by atoms with Crippen molar-refractivity contribution in [2.45, 2.75) is 38.5 Å². The van der Waals surface area contributed by atoms with Crippen molar-refractivity contribution in [3.05, 3.63) is 18.0 Å². The van der Waals surface area contributed by atoms with Crippen LogP contribution in [0, 0.1) is 5.41 Å². The zero-order valence-corrected chi connectivity index (χ0v) is 12.2. The Morgan fingerprint density at radius 1 is 1.50 bits per heavy atom. The third-order valence-electron chi connectivity index (χ3n) is 4.78. The molecule has 2 aliphatic heterocycles. The maximum Gasteiger partial charge on any atom is 0.229 e. The summed E-state index contributed by atoms with van der Waals surface area (Å²) < 4.78 is 0. The zero-order chi connectivity index (χ0) is 14.0. The minimum Gasteiger partial charge on any atom is -0.342 e. The van der Waals surface area contributed by atoms with Gasteiger partial charge in [0, 0.05) is 37.4 Å². The van der Waals surface area contributed by atoms with E-state index >= 15 is 0 Å². The molecular weight excluding hydrogens is 252 g/mol. The quantitative estimate of drug-likeness (QED) is 0.860. The number of amides is 1. The molecule has 2 fully saturated rings. The van der Waals surface area contributed by atoms with Crippen molar-refractivity contribution < 1.29 is 4.79 Å². The lowest BCUT2D eigenvalue weighted by molar-refractivity contribution is -0.143. The molecule has 2 atom stereocenters. The Morgan fingerprint density at radius 3 is 3.10 bits per heavy atom. The first-order valence-electron chi connectivity index (χ1n) is 7.68. The minimum atomic E-state index is -0.214. The van der Waals surface area contributed by atoms with E-state index in [1.165, 1.54) is 0 Å². The molecule has 0 radical (unpaired) electrons. The monoisotopic (exact) mass is 276 g/mol. The van der Waals surface area contributed by atoms with Gasteiger partial charge < -0.3 is 10.2 Å². The molecule has 3 heterocycles. The second-order valence-electron chi connectivity index (χ2n) is 6.44. The highest BCUT2D eigenvalue weighted by atomic mass is 16.2. The number of aromatic amines is 1. The summed E-state index contributed by atoms with van der Waals surface area (Å²) in [7, 11) is 0. The molecule has 0 saturated carbocycles. The van der Waals surface area contributed by atoms with E-state index in [0.29, 0.717) is 11.8 Å². The van der Waals surface area contributed by atoms with Crippen molar-refractivity contribution in [1.29, 1.82) is 0 Å². The Kier molecular flexibility index (Phi) is 3.78. The van der Waals surface area contributed by atoms with E-state index in [0.717, 1.165) is 57.6 Å². The highest BCUT2D eigenvalue weighted by molar-refractivity contribution is 5.83. The molecule has 0 aliphatic carbocycles. The van der Waals surface area contributed by atoms with E-state index < -0.39 is 0 Å². The van der Waals surface area contributed by atoms with E-state index in [2.05, 4.69) is 27.3 Å². The van der Waals surface area contributed by atoms with Crippen LogP contribution in [0.2, 0.25) is 0 Å². The Bertz CT molecular complexity index is 450. The number of carbonyl (C=O) groups is 1. The van der Waals surface area contributed by atoms with Gasteiger partial charge in [0.1, 0.15) is 0 Å². The Balaban J connectivity index is 1.68. The van der Waals surface area contributed by atoms with Crippen molar-refractivity contribution >= 4 is 5.91 Å². The summed E-state index contributed by atoms with van der Waals surface area (Å²) in [5, 5.41) is 10.5. The third kappa shape index (κ3) is 2.59. The predicted molar refractivity (Wildman–Crippen MR) is 77.4 cm³/mol. The van der Waals surface area contributed by atoms with E-state index in [1.807, 2.05) is 6.07 Å². The van der Waals surface area contributed by atoms with Crippen molar-refractivity contribution in [2.24, 2.45) is 5.41 Å². The van der Waals surface area contributed by atoms with Crippen LogP contribution in [-0.4, -0.2) is 47.2 Å². The van der Waals surface area contributed by atoms with Crippen molar-refractivity contribution in [2.75, 3.05) is 26.2 Å². The van der Waals surface area contributed by atoms with Crippen LogP contribution in [0.3, 0.4) is 0 Å². The van der Waals surface area contributed by atoms with Gasteiger partial charge >= 0.3 is 0 Å². The van der Waals surface area contributed by atoms with E-state index in [1.54, 1.807) is 6.20 Å². The van der Waals surface area contributed by atoms with Crippen LogP contribution in [0.15, 0.2) is 12.3 Å². The second kappa shape index (κ2) is 5.56. The van der Waals surface area contributed by atoms with Crippen LogP contribution in [0.5, 0.6) is 0 Å². The highest BCUT2D eigenvalue weighted by Crippen LogP contribution is 2.32. The maximum atomic E-state index is 12.9. The fourth-order valence-electron chi connectivity index (χ4n) is 3.53. The van der Waals surface area contributed by atoms with E-state index in [9.17, 15) is 4.79 Å². The van der Waals surface area contributed by atoms with Gasteiger partial charge in [-0.2, -0.15) is 5.10 Å². The predicted octanol–water partition coefficient (Wildman–Crippen LogP) is 1.51. The summed E-state index contributed by atoms with van der Waals surface area (Å²) in [6, 6.07) is 2.03. The number of aromatic nitrogens is 2. The third-order valence-corrected chi connectivity index (χ3v) is 4.78. The van der Waals surface area contributed by atoms with Gasteiger partial charge in [-0.15, -0.1) is 0 Å². The van der Waals surface area contributed by atoms with Gasteiger partial charge in [-0.1, -0.05) is 0 Å². The Hall–Kier alpha value is -1.36. The van der Waals surface area contributed by atoms with Gasteiger partial charge in [0.2, 0.25) is 5.91 Å². The molecule has 0 spiro atoms. The van der Waals surface area contributed by atoms with Crippen LogP contribution in [0.4, 0.5) is 0 Å². The molecule has 20 heavy (non-hydrogen) atoms. The molecule has 1 aromatic rings. The highest BCUT2D eigenvalue weighted by Gasteiger charge is 2.39. The molecule has 2 aliphatic rings. The van der Waals surface area contributed by atoms with Gasteiger partial charge in [0.25, 0.3) is 0 Å². The summed E-state index contributed by atoms with van der Waals surface area (Å²) in [5.74, 6) is 0.740. The molecule has 5 heteroatoms. The molecule has 110 valence electrons. The van der Waals surface area contributed by atoms with Crippen LogP contribution < -0.4 is 5.32 Å². The number of nitrogens with zero attached hydrogens (tertiary/aromatic N) is 2. The molecule has 2 unspecified atom stereocenters. The molecule has 0 bridgehead atoms. The van der Waals surface area contributed by atoms with Crippen LogP contribution in [0.25, 0.3) is 0 Å². The minimum absolute atomic E-state index is 0.214. The van der Waals surface area contributed by atoms with Crippen LogP contribution >= 0.6 is 0 Å². The number of likely N-dealkylation sites (tertiary alicyclic amines) is 1. The normalized spacial score (nSPS) is 31.2. The number of hydrogen-bond acceptors (Lipinski definition) is 3. The average Bonchev–Trinajstić information content (AvgIpc) is 3.02. The van der Waals surface area contributed by atoms with E-state index in [4.69, 9.17) is 0 Å². The molecule has 0 aromatic carbocycles. The van der Waals surface area contributed by atoms with Crippen LogP contribution in [-0.2, 0) is 4.79 Å². The van der Waals surface area contributed by atoms with Crippen molar-refractivity contribution in [3.63, 3.8) is 0 Å². The lowest BCUT2D eigenvalue weighted by Crippen LogP contribution is -2.52. The summed E-state index contributed by atoms with van der Waals surface area (Å²) in [5.41, 5.74) is 0.947. The Morgan fingerprint density at radius 2 is 2.40 bits per heavy atom. The first-order chi connectivity index (χ1) is 9.69. The molecule has 5 nitrogen and oxygen atoms in total. The van der Waals surface area contributed by atoms with Gasteiger partial charge in [0.15, 0.2) is 0 Å². The lowest BCUT2D eigenvalue weighted by Gasteiger charge is -2.40. The lowest BCUT2D eigenvalue weighted by atomic mass is 9.80.